The van der Waals surface area contributed by atoms with Crippen molar-refractivity contribution in [1.82, 2.24) is 4.90 Å². The van der Waals surface area contributed by atoms with Crippen LogP contribution >= 0.6 is 0 Å². The van der Waals surface area contributed by atoms with Crippen LogP contribution in [0, 0.1) is 6.92 Å². The topological polar surface area (TPSA) is 75.8 Å². The van der Waals surface area contributed by atoms with E-state index in [1.807, 2.05) is 0 Å². The first-order valence-corrected chi connectivity index (χ1v) is 5.89. The maximum atomic E-state index is 12.1. The minimum Gasteiger partial charge on any atom is -0.508 e. The number of carbonyl (C=O) groups is 1. The lowest BCUT2D eigenvalue weighted by atomic mass is 10.1. The number of ether oxygens (including phenoxy) is 1. The van der Waals surface area contributed by atoms with Crippen molar-refractivity contribution in [2.75, 3.05) is 33.4 Å². The molecule has 18 heavy (non-hydrogen) atoms. The Kier molecular flexibility index (Phi) is 5.61. The van der Waals surface area contributed by atoms with Crippen molar-refractivity contribution in [1.29, 1.82) is 0 Å². The molecule has 0 unspecified atom stereocenters. The highest BCUT2D eigenvalue weighted by atomic mass is 16.5. The molecule has 5 nitrogen and oxygen atoms in total. The molecule has 0 aliphatic carbocycles. The molecule has 1 aromatic rings. The number of phenolic OH excluding ortho intramolecular Hbond substituents is 1. The molecule has 1 aromatic carbocycles. The maximum Gasteiger partial charge on any atom is 0.253 e. The lowest BCUT2D eigenvalue weighted by molar-refractivity contribution is 0.0703. The summed E-state index contributed by atoms with van der Waals surface area (Å²) in [6.45, 7) is 3.76. The molecule has 0 aliphatic heterocycles. The Morgan fingerprint density at radius 2 is 2.17 bits per heavy atom. The zero-order valence-corrected chi connectivity index (χ0v) is 10.8. The van der Waals surface area contributed by atoms with Crippen molar-refractivity contribution in [3.05, 3.63) is 29.3 Å². The second-order valence-electron chi connectivity index (χ2n) is 4.13. The second kappa shape index (κ2) is 6.98. The van der Waals surface area contributed by atoms with E-state index in [0.717, 1.165) is 5.56 Å². The summed E-state index contributed by atoms with van der Waals surface area (Å²) in [4.78, 5) is 13.7. The Morgan fingerprint density at radius 3 is 2.78 bits per heavy atom. The average molecular weight is 252 g/mol. The van der Waals surface area contributed by atoms with Gasteiger partial charge in [-0.05, 0) is 30.7 Å². The van der Waals surface area contributed by atoms with E-state index in [1.165, 1.54) is 6.07 Å². The summed E-state index contributed by atoms with van der Waals surface area (Å²) >= 11 is 0. The maximum absolute atomic E-state index is 12.1. The number of nitrogens with zero attached hydrogens (tertiary/aromatic N) is 1. The third-order valence-corrected chi connectivity index (χ3v) is 2.62. The van der Waals surface area contributed by atoms with Gasteiger partial charge in [0.1, 0.15) is 5.75 Å². The number of nitrogens with two attached hydrogens (primary N) is 1. The average Bonchev–Trinajstić information content (AvgIpc) is 2.33. The number of hydrogen-bond donors (Lipinski definition) is 2. The molecule has 0 aliphatic rings. The molecule has 0 saturated heterocycles. The summed E-state index contributed by atoms with van der Waals surface area (Å²) in [6, 6.07) is 4.72. The molecule has 1 rings (SSSR count). The quantitative estimate of drug-likeness (QED) is 0.732. The molecule has 0 atom stereocenters. The second-order valence-corrected chi connectivity index (χ2v) is 4.13. The molecule has 0 aromatic heterocycles. The number of benzene rings is 1. The predicted octanol–water partition coefficient (Wildman–Crippen LogP) is 0.748. The van der Waals surface area contributed by atoms with Gasteiger partial charge >= 0.3 is 0 Å². The van der Waals surface area contributed by atoms with Crippen LogP contribution in [0.25, 0.3) is 0 Å². The van der Waals surface area contributed by atoms with E-state index >= 15 is 0 Å². The molecule has 0 spiro atoms. The zero-order chi connectivity index (χ0) is 13.5. The van der Waals surface area contributed by atoms with Crippen molar-refractivity contribution in [3.63, 3.8) is 0 Å². The Morgan fingerprint density at radius 1 is 1.44 bits per heavy atom. The lowest BCUT2D eigenvalue weighted by Gasteiger charge is -2.18. The summed E-state index contributed by atoms with van der Waals surface area (Å²) in [5.74, 6) is 0.0850. The first-order valence-electron chi connectivity index (χ1n) is 5.89. The van der Waals surface area contributed by atoms with Crippen molar-refractivity contribution in [3.8, 4) is 5.75 Å². The Labute approximate surface area is 107 Å². The third kappa shape index (κ3) is 4.01. The van der Waals surface area contributed by atoms with Crippen LogP contribution in [0.2, 0.25) is 0 Å². The summed E-state index contributed by atoms with van der Waals surface area (Å²) in [6.07, 6.45) is 0. The summed E-state index contributed by atoms with van der Waals surface area (Å²) in [7, 11) is 1.72. The monoisotopic (exact) mass is 252 g/mol. The van der Waals surface area contributed by atoms with E-state index in [9.17, 15) is 9.90 Å². The highest BCUT2D eigenvalue weighted by molar-refractivity contribution is 5.95. The molecule has 0 fully saturated rings. The normalized spacial score (nSPS) is 10.4. The van der Waals surface area contributed by atoms with Gasteiger partial charge in [-0.1, -0.05) is 0 Å². The number of aromatic hydroxyl groups is 1. The number of amides is 1. The smallest absolute Gasteiger partial charge is 0.253 e. The van der Waals surface area contributed by atoms with Crippen molar-refractivity contribution < 1.29 is 14.6 Å². The molecule has 0 radical (unpaired) electrons. The van der Waals surface area contributed by atoms with Crippen LogP contribution in [0.4, 0.5) is 0 Å². The van der Waals surface area contributed by atoms with Gasteiger partial charge in [-0.2, -0.15) is 0 Å². The van der Waals surface area contributed by atoms with Gasteiger partial charge < -0.3 is 20.5 Å². The number of aryl methyl sites for hydroxylation is 1. The van der Waals surface area contributed by atoms with Gasteiger partial charge in [-0.25, -0.2) is 0 Å². The standard InChI is InChI=1S/C13H20N2O3/c1-10-9-11(16)3-4-12(10)13(17)15(2)6-8-18-7-5-14/h3-4,9,16H,5-8,14H2,1-2H3. The van der Waals surface area contributed by atoms with Gasteiger partial charge in [-0.3, -0.25) is 4.79 Å². The SMILES string of the molecule is Cc1cc(O)ccc1C(=O)N(C)CCOCCN. The van der Waals surface area contributed by atoms with Gasteiger partial charge in [0.2, 0.25) is 0 Å². The van der Waals surface area contributed by atoms with Gasteiger partial charge in [0, 0.05) is 25.7 Å². The summed E-state index contributed by atoms with van der Waals surface area (Å²) in [5.41, 5.74) is 6.65. The van der Waals surface area contributed by atoms with Gasteiger partial charge in [-0.15, -0.1) is 0 Å². The summed E-state index contributed by atoms with van der Waals surface area (Å²) < 4.78 is 5.23. The van der Waals surface area contributed by atoms with E-state index in [4.69, 9.17) is 10.5 Å². The van der Waals surface area contributed by atoms with Crippen LogP contribution in [-0.2, 0) is 4.74 Å². The number of rotatable bonds is 6. The van der Waals surface area contributed by atoms with Crippen molar-refractivity contribution in [2.45, 2.75) is 6.92 Å². The fourth-order valence-corrected chi connectivity index (χ4v) is 1.58. The molecule has 0 bridgehead atoms. The molecule has 5 heteroatoms. The van der Waals surface area contributed by atoms with Crippen LogP contribution in [0.5, 0.6) is 5.75 Å². The van der Waals surface area contributed by atoms with Gasteiger partial charge in [0.15, 0.2) is 0 Å². The number of likely N-dealkylation sites (N-methyl/N-ethyl adjacent to an activating group) is 1. The highest BCUT2D eigenvalue weighted by Crippen LogP contribution is 2.16. The zero-order valence-electron chi connectivity index (χ0n) is 10.8. The van der Waals surface area contributed by atoms with Crippen LogP contribution in [0.3, 0.4) is 0 Å². The molecule has 1 amide bonds. The highest BCUT2D eigenvalue weighted by Gasteiger charge is 2.13. The van der Waals surface area contributed by atoms with Crippen LogP contribution in [-0.4, -0.2) is 49.3 Å². The van der Waals surface area contributed by atoms with Gasteiger partial charge in [0.25, 0.3) is 5.91 Å². The number of carbonyl (C=O) groups excluding carboxylic acids is 1. The fourth-order valence-electron chi connectivity index (χ4n) is 1.58. The number of phenols is 1. The van der Waals surface area contributed by atoms with Crippen LogP contribution < -0.4 is 5.73 Å². The first-order chi connectivity index (χ1) is 8.56. The van der Waals surface area contributed by atoms with Crippen LogP contribution in [0.1, 0.15) is 15.9 Å². The number of hydrogen-bond acceptors (Lipinski definition) is 4. The van der Waals surface area contributed by atoms with Crippen LogP contribution in [0.15, 0.2) is 18.2 Å². The Balaban J connectivity index is 2.57. The van der Waals surface area contributed by atoms with E-state index in [1.54, 1.807) is 31.0 Å². The minimum absolute atomic E-state index is 0.0798. The van der Waals surface area contributed by atoms with Gasteiger partial charge in [0.05, 0.1) is 13.2 Å². The largest absolute Gasteiger partial charge is 0.508 e. The Hall–Kier alpha value is -1.59. The fraction of sp³-hybridized carbons (Fsp3) is 0.462. The van der Waals surface area contributed by atoms with Crippen molar-refractivity contribution in [2.24, 2.45) is 5.73 Å². The molecular formula is C13H20N2O3. The molecule has 0 heterocycles. The Bertz CT molecular complexity index is 407. The van der Waals surface area contributed by atoms with E-state index in [0.29, 0.717) is 31.9 Å². The first kappa shape index (κ1) is 14.5. The molecule has 3 N–H and O–H groups in total. The summed E-state index contributed by atoms with van der Waals surface area (Å²) in [5, 5.41) is 9.30. The lowest BCUT2D eigenvalue weighted by Crippen LogP contribution is -2.31. The minimum atomic E-state index is -0.0798. The molecule has 0 saturated carbocycles. The predicted molar refractivity (Wildman–Crippen MR) is 69.7 cm³/mol. The van der Waals surface area contributed by atoms with E-state index < -0.39 is 0 Å². The van der Waals surface area contributed by atoms with E-state index in [-0.39, 0.29) is 11.7 Å². The van der Waals surface area contributed by atoms with Crippen molar-refractivity contribution >= 4 is 5.91 Å². The third-order valence-electron chi connectivity index (χ3n) is 2.62. The molecule has 100 valence electrons. The van der Waals surface area contributed by atoms with E-state index in [2.05, 4.69) is 0 Å². The molecular weight excluding hydrogens is 232 g/mol.